The van der Waals surface area contributed by atoms with Gasteiger partial charge in [-0.3, -0.25) is 4.79 Å². The van der Waals surface area contributed by atoms with Crippen molar-refractivity contribution in [1.82, 2.24) is 4.90 Å². The third-order valence-electron chi connectivity index (χ3n) is 8.08. The average Bonchev–Trinajstić information content (AvgIpc) is 3.30. The first-order valence-electron chi connectivity index (χ1n) is 11.2. The summed E-state index contributed by atoms with van der Waals surface area (Å²) in [5.41, 5.74) is 4.20. The predicted molar refractivity (Wildman–Crippen MR) is 110 cm³/mol. The zero-order valence-electron chi connectivity index (χ0n) is 17.0. The number of carbonyl (C=O) groups excluding carboxylic acids is 1. The molecule has 2 aliphatic heterocycles. The van der Waals surface area contributed by atoms with Gasteiger partial charge in [0.15, 0.2) is 0 Å². The van der Waals surface area contributed by atoms with Gasteiger partial charge in [-0.1, -0.05) is 30.5 Å². The highest BCUT2D eigenvalue weighted by Gasteiger charge is 2.49. The van der Waals surface area contributed by atoms with Crippen LogP contribution in [0.5, 0.6) is 0 Å². The Morgan fingerprint density at radius 3 is 2.48 bits per heavy atom. The molecule has 1 atom stereocenters. The van der Waals surface area contributed by atoms with Gasteiger partial charge < -0.3 is 9.80 Å². The summed E-state index contributed by atoms with van der Waals surface area (Å²) in [7, 11) is 0. The Balaban J connectivity index is 1.37. The Kier molecular flexibility index (Phi) is 4.34. The van der Waals surface area contributed by atoms with E-state index in [2.05, 4.69) is 41.8 Å². The number of hydrogen-bond donors (Lipinski definition) is 0. The smallest absolute Gasteiger partial charge is 0.230 e. The molecular weight excluding hydrogens is 332 g/mol. The number of likely N-dealkylation sites (tertiary alicyclic amines) is 1. The van der Waals surface area contributed by atoms with Crippen molar-refractivity contribution in [3.05, 3.63) is 29.3 Å². The van der Waals surface area contributed by atoms with Crippen molar-refractivity contribution >= 4 is 11.6 Å². The largest absolute Gasteiger partial charge is 0.311 e. The minimum Gasteiger partial charge on any atom is -0.311 e. The highest BCUT2D eigenvalue weighted by Crippen LogP contribution is 2.49. The second-order valence-corrected chi connectivity index (χ2v) is 9.82. The molecule has 0 radical (unpaired) electrons. The molecule has 146 valence electrons. The summed E-state index contributed by atoms with van der Waals surface area (Å²) >= 11 is 0. The van der Waals surface area contributed by atoms with E-state index in [4.69, 9.17) is 0 Å². The number of hydrogen-bond acceptors (Lipinski definition) is 2. The number of benzene rings is 1. The quantitative estimate of drug-likeness (QED) is 0.776. The Hall–Kier alpha value is -1.35. The Morgan fingerprint density at radius 1 is 1.11 bits per heavy atom. The summed E-state index contributed by atoms with van der Waals surface area (Å²) in [5, 5.41) is 0. The fourth-order valence-electron chi connectivity index (χ4n) is 6.06. The minimum absolute atomic E-state index is 0.192. The fourth-order valence-corrected chi connectivity index (χ4v) is 6.06. The van der Waals surface area contributed by atoms with E-state index in [-0.39, 0.29) is 5.41 Å². The Bertz CT molecular complexity index is 724. The number of rotatable bonds is 3. The van der Waals surface area contributed by atoms with Gasteiger partial charge >= 0.3 is 0 Å². The van der Waals surface area contributed by atoms with E-state index >= 15 is 0 Å². The van der Waals surface area contributed by atoms with Crippen LogP contribution in [0.4, 0.5) is 5.69 Å². The Labute approximate surface area is 164 Å². The molecule has 4 aliphatic rings. The molecule has 3 nitrogen and oxygen atoms in total. The van der Waals surface area contributed by atoms with Crippen molar-refractivity contribution in [2.75, 3.05) is 24.5 Å². The summed E-state index contributed by atoms with van der Waals surface area (Å²) < 4.78 is 0. The van der Waals surface area contributed by atoms with E-state index in [9.17, 15) is 4.79 Å². The third-order valence-corrected chi connectivity index (χ3v) is 8.08. The summed E-state index contributed by atoms with van der Waals surface area (Å²) in [6.07, 6.45) is 10.3. The van der Waals surface area contributed by atoms with Crippen LogP contribution in [0, 0.1) is 18.8 Å². The van der Waals surface area contributed by atoms with Crippen LogP contribution in [0.2, 0.25) is 0 Å². The van der Waals surface area contributed by atoms with Crippen molar-refractivity contribution in [2.45, 2.75) is 76.7 Å². The molecule has 1 amide bonds. The lowest BCUT2D eigenvalue weighted by molar-refractivity contribution is -0.119. The SMILES string of the molecule is Cc1ccc2c(c1)C1(CCN(C(C)C3CCCC3)CC1)CN2C(=O)C1CC1. The maximum atomic E-state index is 12.9. The van der Waals surface area contributed by atoms with Gasteiger partial charge in [0.25, 0.3) is 0 Å². The van der Waals surface area contributed by atoms with Crippen molar-refractivity contribution in [3.8, 4) is 0 Å². The van der Waals surface area contributed by atoms with Gasteiger partial charge in [0.1, 0.15) is 0 Å². The highest BCUT2D eigenvalue weighted by molar-refractivity contribution is 5.99. The van der Waals surface area contributed by atoms with Crippen molar-refractivity contribution in [2.24, 2.45) is 11.8 Å². The van der Waals surface area contributed by atoms with Gasteiger partial charge in [-0.25, -0.2) is 0 Å². The van der Waals surface area contributed by atoms with Gasteiger partial charge in [0.05, 0.1) is 0 Å². The number of aryl methyl sites for hydroxylation is 1. The van der Waals surface area contributed by atoms with E-state index in [0.29, 0.717) is 11.8 Å². The third kappa shape index (κ3) is 3.03. The minimum atomic E-state index is 0.192. The van der Waals surface area contributed by atoms with Crippen LogP contribution in [-0.4, -0.2) is 36.5 Å². The van der Waals surface area contributed by atoms with Gasteiger partial charge in [-0.05, 0) is 83.0 Å². The molecule has 0 aromatic heterocycles. The number of carbonyl (C=O) groups is 1. The van der Waals surface area contributed by atoms with E-state index in [1.165, 1.54) is 68.4 Å². The molecule has 2 saturated carbocycles. The summed E-state index contributed by atoms with van der Waals surface area (Å²) in [4.78, 5) is 17.9. The molecule has 0 bridgehead atoms. The predicted octanol–water partition coefficient (Wildman–Crippen LogP) is 4.66. The molecule has 5 rings (SSSR count). The molecule has 3 fully saturated rings. The monoisotopic (exact) mass is 366 g/mol. The first kappa shape index (κ1) is 17.7. The number of fused-ring (bicyclic) bond motifs is 2. The van der Waals surface area contributed by atoms with Crippen LogP contribution in [0.25, 0.3) is 0 Å². The first-order chi connectivity index (χ1) is 13.1. The van der Waals surface area contributed by atoms with Crippen LogP contribution in [0.15, 0.2) is 18.2 Å². The van der Waals surface area contributed by atoms with E-state index in [0.717, 1.165) is 31.3 Å². The van der Waals surface area contributed by atoms with Crippen molar-refractivity contribution < 1.29 is 4.79 Å². The standard InChI is InChI=1S/C24H34N2O/c1-17-7-10-22-21(15-17)24(16-26(22)23(27)20-8-9-20)11-13-25(14-12-24)18(2)19-5-3-4-6-19/h7,10,15,18-20H,3-6,8-9,11-14,16H2,1-2H3. The molecular formula is C24H34N2O. The average molecular weight is 367 g/mol. The topological polar surface area (TPSA) is 23.6 Å². The molecule has 1 unspecified atom stereocenters. The van der Waals surface area contributed by atoms with Crippen LogP contribution < -0.4 is 4.90 Å². The summed E-state index contributed by atoms with van der Waals surface area (Å²) in [6, 6.07) is 7.51. The lowest BCUT2D eigenvalue weighted by atomic mass is 9.73. The second kappa shape index (κ2) is 6.62. The molecule has 1 saturated heterocycles. The number of anilines is 1. The second-order valence-electron chi connectivity index (χ2n) is 9.82. The van der Waals surface area contributed by atoms with Crippen molar-refractivity contribution in [1.29, 1.82) is 0 Å². The molecule has 27 heavy (non-hydrogen) atoms. The van der Waals surface area contributed by atoms with Gasteiger partial charge in [-0.2, -0.15) is 0 Å². The van der Waals surface area contributed by atoms with Crippen LogP contribution in [0.3, 0.4) is 0 Å². The number of nitrogens with zero attached hydrogens (tertiary/aromatic N) is 2. The lowest BCUT2D eigenvalue weighted by Gasteiger charge is -2.43. The molecule has 1 aromatic carbocycles. The number of piperidine rings is 1. The molecule has 1 aromatic rings. The maximum absolute atomic E-state index is 12.9. The normalized spacial score (nSPS) is 26.5. The van der Waals surface area contributed by atoms with Gasteiger partial charge in [0, 0.05) is 29.6 Å². The molecule has 3 heteroatoms. The summed E-state index contributed by atoms with van der Waals surface area (Å²) in [6.45, 7) is 7.96. The highest BCUT2D eigenvalue weighted by atomic mass is 16.2. The van der Waals surface area contributed by atoms with E-state index in [1.54, 1.807) is 0 Å². The van der Waals surface area contributed by atoms with Crippen molar-refractivity contribution in [3.63, 3.8) is 0 Å². The lowest BCUT2D eigenvalue weighted by Crippen LogP contribution is -2.50. The molecule has 0 N–H and O–H groups in total. The molecule has 1 spiro atoms. The molecule has 2 aliphatic carbocycles. The zero-order chi connectivity index (χ0) is 18.6. The molecule has 2 heterocycles. The van der Waals surface area contributed by atoms with Crippen LogP contribution >= 0.6 is 0 Å². The van der Waals surface area contributed by atoms with Crippen LogP contribution in [0.1, 0.15) is 69.4 Å². The van der Waals surface area contributed by atoms with Crippen LogP contribution in [-0.2, 0) is 10.2 Å². The number of amides is 1. The van der Waals surface area contributed by atoms with Gasteiger partial charge in [-0.15, -0.1) is 0 Å². The van der Waals surface area contributed by atoms with Gasteiger partial charge in [0.2, 0.25) is 5.91 Å². The fraction of sp³-hybridized carbons (Fsp3) is 0.708. The first-order valence-corrected chi connectivity index (χ1v) is 11.2. The zero-order valence-corrected chi connectivity index (χ0v) is 17.0. The maximum Gasteiger partial charge on any atom is 0.230 e. The Morgan fingerprint density at radius 2 is 1.81 bits per heavy atom. The van der Waals surface area contributed by atoms with E-state index < -0.39 is 0 Å². The van der Waals surface area contributed by atoms with E-state index in [1.807, 2.05) is 0 Å². The summed E-state index contributed by atoms with van der Waals surface area (Å²) in [5.74, 6) is 1.60.